The Bertz CT molecular complexity index is 342. The number of rotatable bonds is 5. The molecule has 1 aromatic heterocycles. The first-order chi connectivity index (χ1) is 8.68. The maximum atomic E-state index is 4.47. The van der Waals surface area contributed by atoms with Gasteiger partial charge in [0.15, 0.2) is 0 Å². The van der Waals surface area contributed by atoms with Gasteiger partial charge in [-0.3, -0.25) is 4.98 Å². The summed E-state index contributed by atoms with van der Waals surface area (Å²) in [6.45, 7) is 8.99. The molecule has 0 aromatic carbocycles. The molecular formula is C15H25N3. The molecule has 0 amide bonds. The van der Waals surface area contributed by atoms with Gasteiger partial charge in [0.2, 0.25) is 0 Å². The van der Waals surface area contributed by atoms with E-state index in [1.54, 1.807) is 0 Å². The van der Waals surface area contributed by atoms with Gasteiger partial charge in [-0.25, -0.2) is 0 Å². The van der Waals surface area contributed by atoms with Crippen LogP contribution in [0.1, 0.15) is 32.4 Å². The Morgan fingerprint density at radius 3 is 2.78 bits per heavy atom. The zero-order valence-corrected chi connectivity index (χ0v) is 11.6. The van der Waals surface area contributed by atoms with E-state index in [0.717, 1.165) is 19.0 Å². The van der Waals surface area contributed by atoms with Crippen molar-refractivity contribution in [1.29, 1.82) is 0 Å². The van der Waals surface area contributed by atoms with Gasteiger partial charge in [-0.15, -0.1) is 0 Å². The summed E-state index contributed by atoms with van der Waals surface area (Å²) in [5.74, 6) is 0.839. The molecule has 0 saturated carbocycles. The van der Waals surface area contributed by atoms with Crippen LogP contribution < -0.4 is 10.6 Å². The fourth-order valence-corrected chi connectivity index (χ4v) is 2.53. The highest BCUT2D eigenvalue weighted by Gasteiger charge is 2.22. The minimum atomic E-state index is 0.105. The van der Waals surface area contributed by atoms with Crippen LogP contribution in [0.4, 0.5) is 0 Å². The van der Waals surface area contributed by atoms with E-state index in [1.165, 1.54) is 31.6 Å². The minimum Gasteiger partial charge on any atom is -0.317 e. The molecule has 1 aliphatic rings. The summed E-state index contributed by atoms with van der Waals surface area (Å²) in [5, 5.41) is 7.04. The van der Waals surface area contributed by atoms with E-state index >= 15 is 0 Å². The Labute approximate surface area is 110 Å². The van der Waals surface area contributed by atoms with Crippen molar-refractivity contribution in [2.75, 3.05) is 26.2 Å². The third-order valence-electron chi connectivity index (χ3n) is 3.82. The highest BCUT2D eigenvalue weighted by atomic mass is 14.9. The first-order valence-electron chi connectivity index (χ1n) is 7.01. The molecule has 1 fully saturated rings. The fourth-order valence-electron chi connectivity index (χ4n) is 2.53. The molecule has 18 heavy (non-hydrogen) atoms. The zero-order valence-electron chi connectivity index (χ0n) is 11.6. The summed E-state index contributed by atoms with van der Waals surface area (Å²) in [4.78, 5) is 4.47. The number of nitrogens with zero attached hydrogens (tertiary/aromatic N) is 1. The van der Waals surface area contributed by atoms with Crippen molar-refractivity contribution in [3.8, 4) is 0 Å². The topological polar surface area (TPSA) is 37.0 Å². The third-order valence-corrected chi connectivity index (χ3v) is 3.82. The Hall–Kier alpha value is -0.930. The molecule has 0 spiro atoms. The van der Waals surface area contributed by atoms with Crippen molar-refractivity contribution in [2.24, 2.45) is 5.92 Å². The lowest BCUT2D eigenvalue weighted by molar-refractivity contribution is 0.340. The van der Waals surface area contributed by atoms with Crippen molar-refractivity contribution >= 4 is 0 Å². The lowest BCUT2D eigenvalue weighted by Crippen LogP contribution is -2.39. The second-order valence-corrected chi connectivity index (χ2v) is 5.92. The van der Waals surface area contributed by atoms with E-state index < -0.39 is 0 Å². The van der Waals surface area contributed by atoms with Gasteiger partial charge < -0.3 is 10.6 Å². The van der Waals surface area contributed by atoms with Crippen LogP contribution in [-0.2, 0) is 5.41 Å². The van der Waals surface area contributed by atoms with Crippen molar-refractivity contribution < 1.29 is 0 Å². The summed E-state index contributed by atoms with van der Waals surface area (Å²) >= 11 is 0. The number of hydrogen-bond acceptors (Lipinski definition) is 3. The van der Waals surface area contributed by atoms with Gasteiger partial charge in [0.25, 0.3) is 0 Å². The molecule has 0 radical (unpaired) electrons. The first-order valence-corrected chi connectivity index (χ1v) is 7.01. The Morgan fingerprint density at radius 2 is 2.11 bits per heavy atom. The van der Waals surface area contributed by atoms with Crippen molar-refractivity contribution in [1.82, 2.24) is 15.6 Å². The van der Waals surface area contributed by atoms with E-state index in [0.29, 0.717) is 0 Å². The average Bonchev–Trinajstić information content (AvgIpc) is 2.41. The van der Waals surface area contributed by atoms with Crippen LogP contribution in [0.15, 0.2) is 24.4 Å². The second-order valence-electron chi connectivity index (χ2n) is 5.92. The van der Waals surface area contributed by atoms with Crippen molar-refractivity contribution in [3.05, 3.63) is 30.1 Å². The van der Waals surface area contributed by atoms with Crippen LogP contribution in [0.25, 0.3) is 0 Å². The van der Waals surface area contributed by atoms with E-state index in [9.17, 15) is 0 Å². The van der Waals surface area contributed by atoms with Gasteiger partial charge in [-0.1, -0.05) is 19.9 Å². The summed E-state index contributed by atoms with van der Waals surface area (Å²) in [5.41, 5.74) is 1.27. The molecule has 2 heterocycles. The number of nitrogens with one attached hydrogen (secondary N) is 2. The minimum absolute atomic E-state index is 0.105. The molecule has 0 aliphatic carbocycles. The predicted octanol–water partition coefficient (Wildman–Crippen LogP) is 1.95. The van der Waals surface area contributed by atoms with Gasteiger partial charge >= 0.3 is 0 Å². The molecule has 3 heteroatoms. The van der Waals surface area contributed by atoms with Crippen LogP contribution in [0.3, 0.4) is 0 Å². The smallest absolute Gasteiger partial charge is 0.0472 e. The van der Waals surface area contributed by atoms with Crippen LogP contribution >= 0.6 is 0 Å². The SMILES string of the molecule is CC(C)(CNCC1CCNCC1)c1ccccn1. The van der Waals surface area contributed by atoms with Crippen LogP contribution in [-0.4, -0.2) is 31.2 Å². The molecule has 0 bridgehead atoms. The van der Waals surface area contributed by atoms with Gasteiger partial charge in [0.1, 0.15) is 0 Å². The predicted molar refractivity (Wildman–Crippen MR) is 75.7 cm³/mol. The number of aromatic nitrogens is 1. The Kier molecular flexibility index (Phi) is 4.72. The van der Waals surface area contributed by atoms with Gasteiger partial charge in [-0.2, -0.15) is 0 Å². The Morgan fingerprint density at radius 1 is 1.33 bits per heavy atom. The average molecular weight is 247 g/mol. The molecule has 1 aromatic rings. The summed E-state index contributed by atoms with van der Waals surface area (Å²) in [7, 11) is 0. The lowest BCUT2D eigenvalue weighted by Gasteiger charge is -2.27. The van der Waals surface area contributed by atoms with Crippen LogP contribution in [0.5, 0.6) is 0 Å². The second kappa shape index (κ2) is 6.30. The number of piperidine rings is 1. The molecule has 1 aliphatic heterocycles. The molecule has 2 N–H and O–H groups in total. The van der Waals surface area contributed by atoms with Crippen molar-refractivity contribution in [3.63, 3.8) is 0 Å². The maximum Gasteiger partial charge on any atom is 0.0472 e. The quantitative estimate of drug-likeness (QED) is 0.835. The van der Waals surface area contributed by atoms with E-state index in [4.69, 9.17) is 0 Å². The molecule has 0 unspecified atom stereocenters. The largest absolute Gasteiger partial charge is 0.317 e. The molecule has 2 rings (SSSR count). The fraction of sp³-hybridized carbons (Fsp3) is 0.667. The summed E-state index contributed by atoms with van der Waals surface area (Å²) in [6.07, 6.45) is 4.48. The van der Waals surface area contributed by atoms with Crippen LogP contribution in [0, 0.1) is 5.92 Å². The molecule has 3 nitrogen and oxygen atoms in total. The van der Waals surface area contributed by atoms with Gasteiger partial charge in [-0.05, 0) is 50.5 Å². The van der Waals surface area contributed by atoms with Gasteiger partial charge in [0, 0.05) is 23.9 Å². The molecular weight excluding hydrogens is 222 g/mol. The standard InChI is InChI=1S/C15H25N3/c1-15(2,14-5-3-4-8-18-14)12-17-11-13-6-9-16-10-7-13/h3-5,8,13,16-17H,6-7,9-12H2,1-2H3. The number of pyridine rings is 1. The third kappa shape index (κ3) is 3.79. The highest BCUT2D eigenvalue weighted by molar-refractivity contribution is 5.14. The molecule has 0 atom stereocenters. The molecule has 1 saturated heterocycles. The molecule has 100 valence electrons. The van der Waals surface area contributed by atoms with Gasteiger partial charge in [0.05, 0.1) is 0 Å². The van der Waals surface area contributed by atoms with Crippen molar-refractivity contribution in [2.45, 2.75) is 32.1 Å². The summed E-state index contributed by atoms with van der Waals surface area (Å²) in [6, 6.07) is 6.16. The summed E-state index contributed by atoms with van der Waals surface area (Å²) < 4.78 is 0. The lowest BCUT2D eigenvalue weighted by atomic mass is 9.88. The van der Waals surface area contributed by atoms with E-state index in [2.05, 4.69) is 41.6 Å². The highest BCUT2D eigenvalue weighted by Crippen LogP contribution is 2.19. The monoisotopic (exact) mass is 247 g/mol. The first kappa shape index (κ1) is 13.5. The van der Waals surface area contributed by atoms with E-state index in [-0.39, 0.29) is 5.41 Å². The normalized spacial score (nSPS) is 17.9. The van der Waals surface area contributed by atoms with Crippen LogP contribution in [0.2, 0.25) is 0 Å². The number of hydrogen-bond donors (Lipinski definition) is 2. The van der Waals surface area contributed by atoms with E-state index in [1.807, 2.05) is 12.3 Å². The maximum absolute atomic E-state index is 4.47. The Balaban J connectivity index is 1.78. The zero-order chi connectivity index (χ0) is 12.8.